The molecule has 0 spiro atoms. The molecule has 29 heavy (non-hydrogen) atoms. The van der Waals surface area contributed by atoms with Crippen LogP contribution >= 0.6 is 0 Å². The zero-order valence-electron chi connectivity index (χ0n) is 19.5. The number of carbonyl (C=O) groups excluding carboxylic acids is 1. The molecule has 0 fully saturated rings. The lowest BCUT2D eigenvalue weighted by Crippen LogP contribution is -2.46. The molecule has 0 aliphatic rings. The van der Waals surface area contributed by atoms with Gasteiger partial charge in [-0.25, -0.2) is 8.42 Å². The number of nitrogens with zero attached hydrogens (tertiary/aromatic N) is 2. The second-order valence-electron chi connectivity index (χ2n) is 9.33. The average molecular weight is 426 g/mol. The smallest absolute Gasteiger partial charge is 0.232 e. The number of sulfonamides is 1. The lowest BCUT2D eigenvalue weighted by atomic mass is 9.92. The summed E-state index contributed by atoms with van der Waals surface area (Å²) in [5.41, 5.74) is 1.91. The third-order valence-electron chi connectivity index (χ3n) is 5.01. The summed E-state index contributed by atoms with van der Waals surface area (Å²) in [6, 6.07) is 5.57. The number of hydrogen-bond donors (Lipinski definition) is 1. The largest absolute Gasteiger partial charge is 0.377 e. The lowest BCUT2D eigenvalue weighted by molar-refractivity contribution is -0.143. The first-order valence-corrected chi connectivity index (χ1v) is 12.0. The number of hydrogen-bond acceptors (Lipinski definition) is 4. The molecule has 1 N–H and O–H groups in total. The van der Waals surface area contributed by atoms with Crippen LogP contribution in [0.25, 0.3) is 0 Å². The Labute approximate surface area is 177 Å². The van der Waals surface area contributed by atoms with E-state index in [4.69, 9.17) is 0 Å². The molecule has 0 saturated heterocycles. The fraction of sp³-hybridized carbons (Fsp3) is 0.682. The molecule has 1 aromatic rings. The van der Waals surface area contributed by atoms with Gasteiger partial charge in [0, 0.05) is 43.5 Å². The highest BCUT2D eigenvalue weighted by molar-refractivity contribution is 7.92. The van der Waals surface area contributed by atoms with Crippen molar-refractivity contribution < 1.29 is 13.2 Å². The molecule has 0 heterocycles. The second-order valence-corrected chi connectivity index (χ2v) is 11.2. The summed E-state index contributed by atoms with van der Waals surface area (Å²) in [5.74, 6) is 0.465. The number of carbonyl (C=O) groups is 1. The molecule has 1 unspecified atom stereocenters. The molecule has 0 aliphatic carbocycles. The fourth-order valence-corrected chi connectivity index (χ4v) is 4.21. The van der Waals surface area contributed by atoms with E-state index < -0.39 is 15.4 Å². The SMILES string of the molecule is CCCS(=O)(=O)Nc1ccc(N(C)C)c(CN(C(=O)C(C)(C)C)C(C)C(C)C)c1. The minimum Gasteiger partial charge on any atom is -0.377 e. The molecular formula is C22H39N3O3S. The predicted octanol–water partition coefficient (Wildman–Crippen LogP) is 4.32. The third kappa shape index (κ3) is 7.21. The van der Waals surface area contributed by atoms with Crippen LogP contribution in [0.2, 0.25) is 0 Å². The van der Waals surface area contributed by atoms with Crippen LogP contribution in [0.15, 0.2) is 18.2 Å². The summed E-state index contributed by atoms with van der Waals surface area (Å²) >= 11 is 0. The molecule has 7 heteroatoms. The van der Waals surface area contributed by atoms with Gasteiger partial charge in [-0.05, 0) is 43.0 Å². The number of benzene rings is 1. The Morgan fingerprint density at radius 3 is 2.17 bits per heavy atom. The Kier molecular flexibility index (Phi) is 8.57. The first kappa shape index (κ1) is 25.3. The van der Waals surface area contributed by atoms with Crippen LogP contribution < -0.4 is 9.62 Å². The van der Waals surface area contributed by atoms with Crippen LogP contribution in [0, 0.1) is 11.3 Å². The molecule has 6 nitrogen and oxygen atoms in total. The van der Waals surface area contributed by atoms with Gasteiger partial charge >= 0.3 is 0 Å². The molecule has 0 aromatic heterocycles. The first-order chi connectivity index (χ1) is 13.2. The van der Waals surface area contributed by atoms with Gasteiger partial charge in [0.1, 0.15) is 0 Å². The van der Waals surface area contributed by atoms with E-state index in [1.54, 1.807) is 6.07 Å². The summed E-state index contributed by atoms with van der Waals surface area (Å²) in [7, 11) is 0.515. The van der Waals surface area contributed by atoms with Crippen molar-refractivity contribution in [2.75, 3.05) is 29.5 Å². The van der Waals surface area contributed by atoms with Crippen molar-refractivity contribution in [3.63, 3.8) is 0 Å². The highest BCUT2D eigenvalue weighted by Crippen LogP contribution is 2.29. The van der Waals surface area contributed by atoms with Crippen LogP contribution in [-0.2, 0) is 21.4 Å². The fourth-order valence-electron chi connectivity index (χ4n) is 3.09. The average Bonchev–Trinajstić information content (AvgIpc) is 2.56. The summed E-state index contributed by atoms with van der Waals surface area (Å²) in [6.07, 6.45) is 0.553. The molecular weight excluding hydrogens is 386 g/mol. The van der Waals surface area contributed by atoms with Gasteiger partial charge in [0.15, 0.2) is 0 Å². The van der Waals surface area contributed by atoms with Crippen molar-refractivity contribution in [2.45, 2.75) is 67.5 Å². The van der Waals surface area contributed by atoms with Crippen LogP contribution in [-0.4, -0.2) is 45.1 Å². The van der Waals surface area contributed by atoms with Gasteiger partial charge in [-0.1, -0.05) is 41.5 Å². The minimum atomic E-state index is -3.38. The van der Waals surface area contributed by atoms with Crippen molar-refractivity contribution in [2.24, 2.45) is 11.3 Å². The van der Waals surface area contributed by atoms with Crippen molar-refractivity contribution >= 4 is 27.3 Å². The van der Waals surface area contributed by atoms with Crippen LogP contribution in [0.4, 0.5) is 11.4 Å². The van der Waals surface area contributed by atoms with E-state index >= 15 is 0 Å². The maximum absolute atomic E-state index is 13.2. The maximum Gasteiger partial charge on any atom is 0.232 e. The number of nitrogens with one attached hydrogen (secondary N) is 1. The first-order valence-electron chi connectivity index (χ1n) is 10.3. The molecule has 0 aliphatic heterocycles. The van der Waals surface area contributed by atoms with Gasteiger partial charge in [0.05, 0.1) is 5.75 Å². The summed E-state index contributed by atoms with van der Waals surface area (Å²) < 4.78 is 27.1. The van der Waals surface area contributed by atoms with E-state index in [1.165, 1.54) is 0 Å². The highest BCUT2D eigenvalue weighted by Gasteiger charge is 2.32. The Balaban J connectivity index is 3.39. The van der Waals surface area contributed by atoms with E-state index in [0.29, 0.717) is 24.6 Å². The maximum atomic E-state index is 13.2. The minimum absolute atomic E-state index is 0.0529. The monoisotopic (exact) mass is 425 g/mol. The van der Waals surface area contributed by atoms with E-state index in [-0.39, 0.29) is 17.7 Å². The summed E-state index contributed by atoms with van der Waals surface area (Å²) in [4.78, 5) is 17.1. The van der Waals surface area contributed by atoms with Gasteiger partial charge < -0.3 is 9.80 Å². The molecule has 1 amide bonds. The van der Waals surface area contributed by atoms with E-state index in [2.05, 4.69) is 25.5 Å². The Hall–Kier alpha value is -1.76. The Morgan fingerprint density at radius 2 is 1.72 bits per heavy atom. The molecule has 0 bridgehead atoms. The standard InChI is InChI=1S/C22H39N3O3S/c1-10-13-29(27,28)23-19-11-12-20(24(8)9)18(14-19)15-25(17(4)16(2)3)21(26)22(5,6)7/h11-12,14,16-17,23H,10,13,15H2,1-9H3. The molecule has 0 radical (unpaired) electrons. The van der Waals surface area contributed by atoms with Crippen molar-refractivity contribution in [1.29, 1.82) is 0 Å². The van der Waals surface area contributed by atoms with Gasteiger partial charge in [-0.15, -0.1) is 0 Å². The quantitative estimate of drug-likeness (QED) is 0.639. The third-order valence-corrected chi connectivity index (χ3v) is 6.50. The number of amides is 1. The van der Waals surface area contributed by atoms with E-state index in [9.17, 15) is 13.2 Å². The van der Waals surface area contributed by atoms with E-state index in [0.717, 1.165) is 11.3 Å². The molecule has 1 rings (SSSR count). The van der Waals surface area contributed by atoms with Crippen molar-refractivity contribution in [1.82, 2.24) is 4.90 Å². The number of rotatable bonds is 9. The highest BCUT2D eigenvalue weighted by atomic mass is 32.2. The second kappa shape index (κ2) is 9.83. The zero-order valence-corrected chi connectivity index (χ0v) is 20.4. The van der Waals surface area contributed by atoms with Crippen LogP contribution in [0.3, 0.4) is 0 Å². The van der Waals surface area contributed by atoms with Gasteiger partial charge in [-0.3, -0.25) is 9.52 Å². The van der Waals surface area contributed by atoms with Crippen molar-refractivity contribution in [3.8, 4) is 0 Å². The molecule has 1 aromatic carbocycles. The predicted molar refractivity (Wildman–Crippen MR) is 123 cm³/mol. The van der Waals surface area contributed by atoms with Crippen molar-refractivity contribution in [3.05, 3.63) is 23.8 Å². The topological polar surface area (TPSA) is 69.7 Å². The van der Waals surface area contributed by atoms with Crippen LogP contribution in [0.5, 0.6) is 0 Å². The molecule has 1 atom stereocenters. The number of anilines is 2. The Morgan fingerprint density at radius 1 is 1.14 bits per heavy atom. The van der Waals surface area contributed by atoms with Gasteiger partial charge in [0.2, 0.25) is 15.9 Å². The summed E-state index contributed by atoms with van der Waals surface area (Å²) in [6.45, 7) is 14.3. The molecule has 0 saturated carbocycles. The van der Waals surface area contributed by atoms with E-state index in [1.807, 2.05) is 63.7 Å². The lowest BCUT2D eigenvalue weighted by Gasteiger charge is -2.37. The zero-order chi connectivity index (χ0) is 22.6. The van der Waals surface area contributed by atoms with Crippen LogP contribution in [0.1, 0.15) is 60.5 Å². The normalized spacial score (nSPS) is 13.3. The van der Waals surface area contributed by atoms with Gasteiger partial charge in [0.25, 0.3) is 0 Å². The molecule has 166 valence electrons. The Bertz CT molecular complexity index is 796. The summed E-state index contributed by atoms with van der Waals surface area (Å²) in [5, 5.41) is 0. The van der Waals surface area contributed by atoms with Gasteiger partial charge in [-0.2, -0.15) is 0 Å².